The Hall–Kier alpha value is -1.44. The highest BCUT2D eigenvalue weighted by Gasteiger charge is 2.13. The van der Waals surface area contributed by atoms with E-state index in [0.29, 0.717) is 4.47 Å². The zero-order chi connectivity index (χ0) is 14.0. The fourth-order valence-electron chi connectivity index (χ4n) is 1.19. The number of nitrogens with zero attached hydrogens (tertiary/aromatic N) is 3. The smallest absolute Gasteiger partial charge is 0.271 e. The molecule has 0 aliphatic rings. The number of non-ortho nitro benzene ring substituents is 1. The average molecular weight is 365 g/mol. The summed E-state index contributed by atoms with van der Waals surface area (Å²) in [7, 11) is 0. The first kappa shape index (κ1) is 14.0. The highest BCUT2D eigenvalue weighted by Crippen LogP contribution is 2.34. The normalized spacial score (nSPS) is 10.3. The number of benzene rings is 1. The topological polar surface area (TPSA) is 78.2 Å². The first-order valence-corrected chi connectivity index (χ1v) is 6.32. The van der Waals surface area contributed by atoms with E-state index in [0.717, 1.165) is 0 Å². The van der Waals surface area contributed by atoms with Crippen LogP contribution in [0, 0.1) is 10.1 Å². The minimum Gasteiger partial charge on any atom is -0.436 e. The first-order chi connectivity index (χ1) is 8.97. The van der Waals surface area contributed by atoms with Crippen LogP contribution in [0.3, 0.4) is 0 Å². The second-order valence-electron chi connectivity index (χ2n) is 3.27. The highest BCUT2D eigenvalue weighted by molar-refractivity contribution is 9.10. The van der Waals surface area contributed by atoms with Crippen LogP contribution in [0.5, 0.6) is 11.6 Å². The van der Waals surface area contributed by atoms with E-state index < -0.39 is 4.92 Å². The van der Waals surface area contributed by atoms with Crippen LogP contribution in [-0.2, 0) is 0 Å². The van der Waals surface area contributed by atoms with Gasteiger partial charge in [-0.15, -0.1) is 0 Å². The molecule has 0 spiro atoms. The van der Waals surface area contributed by atoms with E-state index in [2.05, 4.69) is 25.9 Å². The maximum Gasteiger partial charge on any atom is 0.271 e. The van der Waals surface area contributed by atoms with Crippen molar-refractivity contribution < 1.29 is 9.66 Å². The van der Waals surface area contributed by atoms with Crippen molar-refractivity contribution >= 4 is 44.8 Å². The molecule has 98 valence electrons. The Labute approximate surface area is 125 Å². The molecule has 0 unspecified atom stereocenters. The number of hydrogen-bond donors (Lipinski definition) is 0. The molecule has 0 aliphatic heterocycles. The second kappa shape index (κ2) is 5.68. The quantitative estimate of drug-likeness (QED) is 0.462. The lowest BCUT2D eigenvalue weighted by molar-refractivity contribution is -0.384. The molecule has 19 heavy (non-hydrogen) atoms. The average Bonchev–Trinajstić information content (AvgIpc) is 2.36. The molecule has 0 saturated heterocycles. The summed E-state index contributed by atoms with van der Waals surface area (Å²) >= 11 is 14.7. The molecular weight excluding hydrogens is 361 g/mol. The second-order valence-corrected chi connectivity index (χ2v) is 4.87. The third-order valence-corrected chi connectivity index (χ3v) is 3.04. The minimum atomic E-state index is -0.548. The van der Waals surface area contributed by atoms with Crippen molar-refractivity contribution in [1.82, 2.24) is 9.97 Å². The van der Waals surface area contributed by atoms with Crippen LogP contribution in [0.1, 0.15) is 0 Å². The van der Waals surface area contributed by atoms with Crippen LogP contribution < -0.4 is 4.74 Å². The van der Waals surface area contributed by atoms with Crippen LogP contribution in [0.2, 0.25) is 10.3 Å². The van der Waals surface area contributed by atoms with Crippen LogP contribution in [-0.4, -0.2) is 14.9 Å². The zero-order valence-corrected chi connectivity index (χ0v) is 12.1. The van der Waals surface area contributed by atoms with Crippen molar-refractivity contribution in [2.75, 3.05) is 0 Å². The first-order valence-electron chi connectivity index (χ1n) is 4.77. The Kier molecular flexibility index (Phi) is 4.18. The van der Waals surface area contributed by atoms with Gasteiger partial charge in [-0.25, -0.2) is 4.98 Å². The van der Waals surface area contributed by atoms with E-state index in [1.54, 1.807) is 0 Å². The van der Waals surface area contributed by atoms with Crippen molar-refractivity contribution in [3.05, 3.63) is 49.3 Å². The van der Waals surface area contributed by atoms with Crippen molar-refractivity contribution in [3.8, 4) is 11.6 Å². The van der Waals surface area contributed by atoms with Gasteiger partial charge in [0.1, 0.15) is 5.75 Å². The Bertz CT molecular complexity index is 654. The Morgan fingerprint density at radius 3 is 2.74 bits per heavy atom. The number of halogens is 3. The van der Waals surface area contributed by atoms with Gasteiger partial charge in [0.05, 0.1) is 14.4 Å². The molecule has 2 aromatic rings. The Balaban J connectivity index is 2.33. The molecule has 1 aromatic carbocycles. The third kappa shape index (κ3) is 3.31. The summed E-state index contributed by atoms with van der Waals surface area (Å²) in [5, 5.41) is 10.7. The lowest BCUT2D eigenvalue weighted by Gasteiger charge is -2.07. The monoisotopic (exact) mass is 363 g/mol. The van der Waals surface area contributed by atoms with Gasteiger partial charge in [-0.05, 0) is 33.6 Å². The van der Waals surface area contributed by atoms with E-state index >= 15 is 0 Å². The number of nitro groups is 1. The van der Waals surface area contributed by atoms with Gasteiger partial charge in [-0.2, -0.15) is 4.98 Å². The van der Waals surface area contributed by atoms with Gasteiger partial charge in [0, 0.05) is 18.3 Å². The predicted molar refractivity (Wildman–Crippen MR) is 72.9 cm³/mol. The SMILES string of the molecule is O=[N+]([O-])c1ccc(Oc2nc(Cl)ncc2Br)c(Cl)c1. The summed E-state index contributed by atoms with van der Waals surface area (Å²) in [6.07, 6.45) is 1.42. The lowest BCUT2D eigenvalue weighted by Crippen LogP contribution is -1.93. The Morgan fingerprint density at radius 2 is 2.11 bits per heavy atom. The van der Waals surface area contributed by atoms with Crippen molar-refractivity contribution in [1.29, 1.82) is 0 Å². The van der Waals surface area contributed by atoms with Gasteiger partial charge in [0.15, 0.2) is 0 Å². The molecule has 0 atom stereocenters. The number of aromatic nitrogens is 2. The number of ether oxygens (including phenoxy) is 1. The molecule has 0 aliphatic carbocycles. The summed E-state index contributed by atoms with van der Waals surface area (Å²) in [6.45, 7) is 0. The zero-order valence-electron chi connectivity index (χ0n) is 9.01. The van der Waals surface area contributed by atoms with Crippen molar-refractivity contribution in [2.24, 2.45) is 0 Å². The van der Waals surface area contributed by atoms with Gasteiger partial charge >= 0.3 is 0 Å². The standard InChI is InChI=1S/C10H4BrCl2N3O3/c11-6-4-14-10(13)15-9(6)19-8-2-1-5(16(17)18)3-7(8)12/h1-4H. The maximum atomic E-state index is 10.6. The highest BCUT2D eigenvalue weighted by atomic mass is 79.9. The lowest BCUT2D eigenvalue weighted by atomic mass is 10.3. The molecule has 0 N–H and O–H groups in total. The van der Waals surface area contributed by atoms with Crippen LogP contribution >= 0.6 is 39.1 Å². The number of rotatable bonds is 3. The third-order valence-electron chi connectivity index (χ3n) is 2.02. The van der Waals surface area contributed by atoms with Gasteiger partial charge in [0.2, 0.25) is 11.2 Å². The van der Waals surface area contributed by atoms with Crippen LogP contribution in [0.25, 0.3) is 0 Å². The molecule has 1 heterocycles. The predicted octanol–water partition coefficient (Wildman–Crippen LogP) is 4.25. The summed E-state index contributed by atoms with van der Waals surface area (Å²) in [5.74, 6) is 0.387. The molecule has 6 nitrogen and oxygen atoms in total. The van der Waals surface area contributed by atoms with Crippen LogP contribution in [0.15, 0.2) is 28.9 Å². The summed E-state index contributed by atoms with van der Waals surface area (Å²) in [5.41, 5.74) is -0.128. The van der Waals surface area contributed by atoms with Crippen molar-refractivity contribution in [2.45, 2.75) is 0 Å². The molecular formula is C10H4BrCl2N3O3. The van der Waals surface area contributed by atoms with Crippen LogP contribution in [0.4, 0.5) is 5.69 Å². The van der Waals surface area contributed by atoms with Gasteiger partial charge in [0.25, 0.3) is 5.69 Å². The van der Waals surface area contributed by atoms with Gasteiger partial charge < -0.3 is 4.74 Å². The molecule has 0 bridgehead atoms. The van der Waals surface area contributed by atoms with Gasteiger partial charge in [-0.3, -0.25) is 10.1 Å². The number of hydrogen-bond acceptors (Lipinski definition) is 5. The molecule has 0 radical (unpaired) electrons. The Morgan fingerprint density at radius 1 is 1.37 bits per heavy atom. The van der Waals surface area contributed by atoms with E-state index in [1.807, 2.05) is 0 Å². The summed E-state index contributed by atoms with van der Waals surface area (Å²) in [4.78, 5) is 17.6. The fraction of sp³-hybridized carbons (Fsp3) is 0. The van der Waals surface area contributed by atoms with E-state index in [4.69, 9.17) is 27.9 Å². The molecule has 2 rings (SSSR count). The number of nitro benzene ring substituents is 1. The van der Waals surface area contributed by atoms with Crippen molar-refractivity contribution in [3.63, 3.8) is 0 Å². The van der Waals surface area contributed by atoms with E-state index in [-0.39, 0.29) is 27.6 Å². The summed E-state index contributed by atoms with van der Waals surface area (Å²) in [6, 6.07) is 3.84. The fourth-order valence-corrected chi connectivity index (χ4v) is 1.80. The molecule has 0 saturated carbocycles. The molecule has 0 fully saturated rings. The minimum absolute atomic E-state index is 0.0104. The molecule has 1 aromatic heterocycles. The largest absolute Gasteiger partial charge is 0.436 e. The molecule has 0 amide bonds. The van der Waals surface area contributed by atoms with E-state index in [1.165, 1.54) is 24.4 Å². The van der Waals surface area contributed by atoms with E-state index in [9.17, 15) is 10.1 Å². The molecule has 9 heteroatoms. The maximum absolute atomic E-state index is 10.6. The van der Waals surface area contributed by atoms with Gasteiger partial charge in [-0.1, -0.05) is 11.6 Å². The summed E-state index contributed by atoms with van der Waals surface area (Å²) < 4.78 is 5.90.